The Morgan fingerprint density at radius 3 is 1.70 bits per heavy atom. The van der Waals surface area contributed by atoms with Crippen molar-refractivity contribution < 1.29 is 33.9 Å². The first-order chi connectivity index (χ1) is 14.2. The molecule has 0 aliphatic carbocycles. The Hall–Kier alpha value is -4.00. The Labute approximate surface area is 170 Å². The number of nitrogens with one attached hydrogen (secondary N) is 5. The lowest BCUT2D eigenvalue weighted by Gasteiger charge is -2.09. The molecule has 1 rings (SSSR count). The molecule has 0 saturated heterocycles. The van der Waals surface area contributed by atoms with Crippen molar-refractivity contribution in [1.29, 1.82) is 0 Å². The van der Waals surface area contributed by atoms with E-state index in [1.165, 1.54) is 24.3 Å². The molecule has 0 fully saturated rings. The summed E-state index contributed by atoms with van der Waals surface area (Å²) in [5.74, 6) is -4.51. The van der Waals surface area contributed by atoms with Crippen molar-refractivity contribution in [3.63, 3.8) is 0 Å². The highest BCUT2D eigenvalue weighted by molar-refractivity contribution is 6.00. The smallest absolute Gasteiger partial charge is 0.312 e. The van der Waals surface area contributed by atoms with Crippen molar-refractivity contribution in [2.45, 2.75) is 12.8 Å². The van der Waals surface area contributed by atoms with E-state index < -0.39 is 48.3 Å². The van der Waals surface area contributed by atoms with Crippen LogP contribution < -0.4 is 32.3 Å². The van der Waals surface area contributed by atoms with Crippen LogP contribution in [0.1, 0.15) is 33.6 Å². The molecule has 0 aliphatic rings. The maximum absolute atomic E-state index is 12.1. The highest BCUT2D eigenvalue weighted by Crippen LogP contribution is 2.05. The Kier molecular flexibility index (Phi) is 9.98. The second-order valence-electron chi connectivity index (χ2n) is 5.70. The number of amides is 5. The Balaban J connectivity index is 2.33. The SMILES string of the molecule is NCNC(=O)c1cccc(C(=O)NCNC(=O)CC(=O)NCNC(=O)CC(=O)O)c1. The third-order valence-corrected chi connectivity index (χ3v) is 3.39. The van der Waals surface area contributed by atoms with Crippen molar-refractivity contribution in [3.8, 4) is 0 Å². The number of hydrogen-bond acceptors (Lipinski definition) is 7. The molecule has 1 aromatic carbocycles. The highest BCUT2D eigenvalue weighted by atomic mass is 16.4. The van der Waals surface area contributed by atoms with Gasteiger partial charge in [0.25, 0.3) is 11.8 Å². The van der Waals surface area contributed by atoms with Gasteiger partial charge in [-0.15, -0.1) is 0 Å². The molecule has 162 valence electrons. The number of carboxylic acids is 1. The van der Waals surface area contributed by atoms with E-state index in [4.69, 9.17) is 10.8 Å². The molecule has 13 nitrogen and oxygen atoms in total. The first-order valence-corrected chi connectivity index (χ1v) is 8.61. The van der Waals surface area contributed by atoms with Crippen LogP contribution in [0.3, 0.4) is 0 Å². The van der Waals surface area contributed by atoms with Crippen molar-refractivity contribution >= 4 is 35.5 Å². The van der Waals surface area contributed by atoms with Crippen LogP contribution in [0.25, 0.3) is 0 Å². The summed E-state index contributed by atoms with van der Waals surface area (Å²) in [6.45, 7) is -0.647. The minimum Gasteiger partial charge on any atom is -0.481 e. The van der Waals surface area contributed by atoms with Crippen LogP contribution in [0.5, 0.6) is 0 Å². The van der Waals surface area contributed by atoms with Crippen LogP contribution in [0.4, 0.5) is 0 Å². The zero-order valence-electron chi connectivity index (χ0n) is 15.8. The molecule has 0 saturated carbocycles. The van der Waals surface area contributed by atoms with E-state index in [-0.39, 0.29) is 31.1 Å². The molecule has 0 aromatic heterocycles. The summed E-state index contributed by atoms with van der Waals surface area (Å²) in [6, 6.07) is 5.85. The Morgan fingerprint density at radius 2 is 1.20 bits per heavy atom. The van der Waals surface area contributed by atoms with E-state index in [9.17, 15) is 28.8 Å². The number of carboxylic acid groups (broad SMARTS) is 1. The summed E-state index contributed by atoms with van der Waals surface area (Å²) in [7, 11) is 0. The number of benzene rings is 1. The first kappa shape index (κ1) is 24.0. The molecule has 13 heteroatoms. The molecule has 30 heavy (non-hydrogen) atoms. The molecule has 0 bridgehead atoms. The van der Waals surface area contributed by atoms with Gasteiger partial charge in [0.05, 0.1) is 20.0 Å². The predicted molar refractivity (Wildman–Crippen MR) is 101 cm³/mol. The van der Waals surface area contributed by atoms with Crippen molar-refractivity contribution in [1.82, 2.24) is 26.6 Å². The summed E-state index contributed by atoms with van der Waals surface area (Å²) < 4.78 is 0. The third kappa shape index (κ3) is 9.27. The van der Waals surface area contributed by atoms with Gasteiger partial charge in [-0.3, -0.25) is 28.8 Å². The van der Waals surface area contributed by atoms with E-state index >= 15 is 0 Å². The third-order valence-electron chi connectivity index (χ3n) is 3.39. The van der Waals surface area contributed by atoms with Crippen LogP contribution in [-0.2, 0) is 19.2 Å². The fraction of sp³-hybridized carbons (Fsp3) is 0.294. The number of hydrogen-bond donors (Lipinski definition) is 7. The molecule has 0 spiro atoms. The van der Waals surface area contributed by atoms with Gasteiger partial charge in [-0.25, -0.2) is 0 Å². The maximum Gasteiger partial charge on any atom is 0.312 e. The van der Waals surface area contributed by atoms with Gasteiger partial charge in [0.15, 0.2) is 0 Å². The average Bonchev–Trinajstić information content (AvgIpc) is 2.67. The van der Waals surface area contributed by atoms with Gasteiger partial charge in [-0.1, -0.05) is 6.07 Å². The topological polar surface area (TPSA) is 209 Å². The number of carbonyl (C=O) groups excluding carboxylic acids is 5. The largest absolute Gasteiger partial charge is 0.481 e. The lowest BCUT2D eigenvalue weighted by molar-refractivity contribution is -0.140. The van der Waals surface area contributed by atoms with Gasteiger partial charge in [-0.05, 0) is 18.2 Å². The molecule has 0 atom stereocenters. The molecule has 0 radical (unpaired) electrons. The van der Waals surface area contributed by atoms with E-state index in [2.05, 4.69) is 26.6 Å². The second kappa shape index (κ2) is 12.5. The van der Waals surface area contributed by atoms with Gasteiger partial charge >= 0.3 is 5.97 Å². The molecule has 5 amide bonds. The lowest BCUT2D eigenvalue weighted by Crippen LogP contribution is -2.42. The number of nitrogens with two attached hydrogens (primary N) is 1. The summed E-state index contributed by atoms with van der Waals surface area (Å²) in [5.41, 5.74) is 5.65. The van der Waals surface area contributed by atoms with Crippen LogP contribution in [0.15, 0.2) is 24.3 Å². The summed E-state index contributed by atoms with van der Waals surface area (Å²) in [4.78, 5) is 68.4. The summed E-state index contributed by atoms with van der Waals surface area (Å²) in [6.07, 6.45) is -1.31. The highest BCUT2D eigenvalue weighted by Gasteiger charge is 2.12. The molecular formula is C17H22N6O7. The van der Waals surface area contributed by atoms with Crippen molar-refractivity contribution in [2.75, 3.05) is 20.0 Å². The molecule has 0 aliphatic heterocycles. The van der Waals surface area contributed by atoms with Gasteiger partial charge in [0.2, 0.25) is 17.7 Å². The van der Waals surface area contributed by atoms with E-state index in [1.54, 1.807) is 0 Å². The van der Waals surface area contributed by atoms with E-state index in [0.717, 1.165) is 0 Å². The quantitative estimate of drug-likeness (QED) is 0.146. The minimum atomic E-state index is -1.31. The molecular weight excluding hydrogens is 400 g/mol. The van der Waals surface area contributed by atoms with Gasteiger partial charge in [0.1, 0.15) is 12.8 Å². The first-order valence-electron chi connectivity index (χ1n) is 8.61. The Bertz CT molecular complexity index is 827. The van der Waals surface area contributed by atoms with Crippen LogP contribution in [0, 0.1) is 0 Å². The zero-order valence-corrected chi connectivity index (χ0v) is 15.8. The Morgan fingerprint density at radius 1 is 0.733 bits per heavy atom. The molecule has 0 heterocycles. The summed E-state index contributed by atoms with van der Waals surface area (Å²) >= 11 is 0. The number of rotatable bonds is 11. The summed E-state index contributed by atoms with van der Waals surface area (Å²) in [5, 5.41) is 19.9. The van der Waals surface area contributed by atoms with E-state index in [1.807, 2.05) is 0 Å². The molecule has 1 aromatic rings. The minimum absolute atomic E-state index is 0.0520. The number of carbonyl (C=O) groups is 6. The fourth-order valence-electron chi connectivity index (χ4n) is 2.03. The predicted octanol–water partition coefficient (Wildman–Crippen LogP) is -2.81. The van der Waals surface area contributed by atoms with E-state index in [0.29, 0.717) is 0 Å². The molecule has 0 unspecified atom stereocenters. The number of aliphatic carboxylic acids is 1. The normalized spacial score (nSPS) is 9.77. The zero-order chi connectivity index (χ0) is 22.5. The van der Waals surface area contributed by atoms with Gasteiger partial charge in [-0.2, -0.15) is 0 Å². The monoisotopic (exact) mass is 422 g/mol. The van der Waals surface area contributed by atoms with Crippen molar-refractivity contribution in [3.05, 3.63) is 35.4 Å². The lowest BCUT2D eigenvalue weighted by atomic mass is 10.1. The molecule has 8 N–H and O–H groups in total. The standard InChI is InChI=1S/C17H22N6O7/c18-7-19-16(29)10-2-1-3-11(4-10)17(30)23-9-22-13(25)5-12(24)20-8-21-14(26)6-15(27)28/h1-4H,5-9,18H2,(H,19,29)(H,20,24)(H,21,26)(H,22,25)(H,23,30)(H,27,28). The average molecular weight is 422 g/mol. The second-order valence-corrected chi connectivity index (χ2v) is 5.70. The van der Waals surface area contributed by atoms with Crippen LogP contribution in [0.2, 0.25) is 0 Å². The maximum atomic E-state index is 12.1. The van der Waals surface area contributed by atoms with Gasteiger partial charge < -0.3 is 37.4 Å². The fourth-order valence-corrected chi connectivity index (χ4v) is 2.03. The van der Waals surface area contributed by atoms with Crippen LogP contribution in [-0.4, -0.2) is 60.6 Å². The van der Waals surface area contributed by atoms with Gasteiger partial charge in [0, 0.05) is 11.1 Å². The van der Waals surface area contributed by atoms with Crippen molar-refractivity contribution in [2.24, 2.45) is 5.73 Å². The van der Waals surface area contributed by atoms with Crippen LogP contribution >= 0.6 is 0 Å².